The van der Waals surface area contributed by atoms with Crippen molar-refractivity contribution in [1.29, 1.82) is 0 Å². The fourth-order valence-corrected chi connectivity index (χ4v) is 3.56. The highest BCUT2D eigenvalue weighted by Crippen LogP contribution is 2.37. The van der Waals surface area contributed by atoms with Crippen molar-refractivity contribution in [2.75, 3.05) is 13.8 Å². The van der Waals surface area contributed by atoms with Crippen molar-refractivity contribution in [3.05, 3.63) is 63.4 Å². The summed E-state index contributed by atoms with van der Waals surface area (Å²) < 4.78 is 21.8. The van der Waals surface area contributed by atoms with E-state index in [1.807, 2.05) is 25.1 Å². The molecular formula is C21H21NO6. The van der Waals surface area contributed by atoms with Gasteiger partial charge in [-0.1, -0.05) is 0 Å². The number of carbonyl (C=O) groups is 1. The van der Waals surface area contributed by atoms with Crippen molar-refractivity contribution in [2.24, 2.45) is 0 Å². The van der Waals surface area contributed by atoms with Crippen LogP contribution in [0.1, 0.15) is 28.9 Å². The average molecular weight is 383 g/mol. The number of carbonyl (C=O) groups excluding carboxylic acids is 1. The lowest BCUT2D eigenvalue weighted by molar-refractivity contribution is -0.140. The van der Waals surface area contributed by atoms with Gasteiger partial charge in [-0.3, -0.25) is 9.69 Å². The number of nitrogens with zero attached hydrogens (tertiary/aromatic N) is 1. The number of ether oxygens (including phenoxy) is 2. The van der Waals surface area contributed by atoms with Gasteiger partial charge in [0.2, 0.25) is 0 Å². The molecular weight excluding hydrogens is 362 g/mol. The molecule has 0 aliphatic carbocycles. The summed E-state index contributed by atoms with van der Waals surface area (Å²) in [6, 6.07) is 7.17. The monoisotopic (exact) mass is 383 g/mol. The van der Waals surface area contributed by atoms with Crippen molar-refractivity contribution in [3.8, 4) is 5.75 Å². The third-order valence-corrected chi connectivity index (χ3v) is 4.92. The van der Waals surface area contributed by atoms with Crippen LogP contribution >= 0.6 is 0 Å². The molecule has 3 heterocycles. The minimum absolute atomic E-state index is 0.254. The number of benzene rings is 1. The largest absolute Gasteiger partial charge is 0.477 e. The molecule has 146 valence electrons. The van der Waals surface area contributed by atoms with Crippen molar-refractivity contribution < 1.29 is 23.1 Å². The topological polar surface area (TPSA) is 82.1 Å². The second kappa shape index (κ2) is 7.52. The van der Waals surface area contributed by atoms with Gasteiger partial charge in [0, 0.05) is 24.4 Å². The van der Waals surface area contributed by atoms with Gasteiger partial charge in [0.15, 0.2) is 0 Å². The maximum Gasteiger partial charge on any atom is 0.336 e. The highest BCUT2D eigenvalue weighted by molar-refractivity contribution is 5.86. The first-order valence-corrected chi connectivity index (χ1v) is 9.08. The Bertz CT molecular complexity index is 1070. The molecule has 0 saturated carbocycles. The fourth-order valence-electron chi connectivity index (χ4n) is 3.56. The van der Waals surface area contributed by atoms with Crippen LogP contribution in [0.5, 0.6) is 5.75 Å². The molecule has 4 rings (SSSR count). The maximum absolute atomic E-state index is 12.0. The Morgan fingerprint density at radius 3 is 2.93 bits per heavy atom. The summed E-state index contributed by atoms with van der Waals surface area (Å²) >= 11 is 0. The molecule has 1 aliphatic heterocycles. The third kappa shape index (κ3) is 3.53. The molecule has 3 aromatic rings. The van der Waals surface area contributed by atoms with Crippen molar-refractivity contribution in [1.82, 2.24) is 4.90 Å². The van der Waals surface area contributed by atoms with Crippen LogP contribution in [0.2, 0.25) is 0 Å². The summed E-state index contributed by atoms with van der Waals surface area (Å²) in [6.07, 6.45) is 2.38. The molecule has 0 atom stereocenters. The lowest BCUT2D eigenvalue weighted by Crippen LogP contribution is -2.32. The molecule has 0 bridgehead atoms. The van der Waals surface area contributed by atoms with Crippen LogP contribution in [0, 0.1) is 6.92 Å². The Hall–Kier alpha value is -3.06. The summed E-state index contributed by atoms with van der Waals surface area (Å²) in [7, 11) is 1.38. The first kappa shape index (κ1) is 18.3. The number of esters is 1. The van der Waals surface area contributed by atoms with Crippen LogP contribution in [0.3, 0.4) is 0 Å². The molecule has 7 heteroatoms. The average Bonchev–Trinajstić information content (AvgIpc) is 3.19. The molecule has 0 amide bonds. The number of methoxy groups -OCH3 is 1. The van der Waals surface area contributed by atoms with E-state index in [9.17, 15) is 9.59 Å². The standard InChI is InChI=1S/C21H21NO6/c1-13-8-19(24)28-21-16(13)9-14(5-6-18(23)25-2)20-17(21)11-22(12-27-20)10-15-4-3-7-26-15/h3-4,7-9H,5-6,10-12H2,1-2H3. The molecule has 7 nitrogen and oxygen atoms in total. The molecule has 0 saturated heterocycles. The van der Waals surface area contributed by atoms with Crippen molar-refractivity contribution in [2.45, 2.75) is 32.9 Å². The molecule has 0 N–H and O–H groups in total. The predicted molar refractivity (Wildman–Crippen MR) is 101 cm³/mol. The quantitative estimate of drug-likeness (QED) is 0.494. The Morgan fingerprint density at radius 1 is 1.32 bits per heavy atom. The fraction of sp³-hybridized carbons (Fsp3) is 0.333. The molecule has 1 aromatic carbocycles. The van der Waals surface area contributed by atoms with Crippen molar-refractivity contribution >= 4 is 16.9 Å². The predicted octanol–water partition coefficient (Wildman–Crippen LogP) is 3.15. The van der Waals surface area contributed by atoms with Crippen LogP contribution in [0.25, 0.3) is 11.0 Å². The minimum atomic E-state index is -0.391. The number of furan rings is 1. The zero-order valence-corrected chi connectivity index (χ0v) is 15.8. The summed E-state index contributed by atoms with van der Waals surface area (Å²) in [4.78, 5) is 25.6. The molecule has 0 fully saturated rings. The smallest absolute Gasteiger partial charge is 0.336 e. The molecule has 2 aromatic heterocycles. The summed E-state index contributed by atoms with van der Waals surface area (Å²) in [5, 5.41) is 0.849. The molecule has 28 heavy (non-hydrogen) atoms. The highest BCUT2D eigenvalue weighted by Gasteiger charge is 2.26. The lowest BCUT2D eigenvalue weighted by atomic mass is 9.97. The number of rotatable bonds is 5. The van der Waals surface area contributed by atoms with Gasteiger partial charge in [0.25, 0.3) is 0 Å². The van der Waals surface area contributed by atoms with E-state index >= 15 is 0 Å². The SMILES string of the molecule is COC(=O)CCc1cc2c(C)cc(=O)oc2c2c1OCN(Cc1ccco1)C2. The second-order valence-electron chi connectivity index (χ2n) is 6.88. The van der Waals surface area contributed by atoms with Crippen LogP contribution in [-0.4, -0.2) is 24.7 Å². The highest BCUT2D eigenvalue weighted by atomic mass is 16.5. The van der Waals surface area contributed by atoms with Gasteiger partial charge in [-0.05, 0) is 42.7 Å². The summed E-state index contributed by atoms with van der Waals surface area (Å²) in [5.41, 5.74) is 2.69. The Balaban J connectivity index is 1.76. The van der Waals surface area contributed by atoms with E-state index in [1.54, 1.807) is 6.26 Å². The van der Waals surface area contributed by atoms with E-state index < -0.39 is 5.63 Å². The van der Waals surface area contributed by atoms with E-state index in [-0.39, 0.29) is 12.4 Å². The number of aryl methyl sites for hydroxylation is 2. The zero-order chi connectivity index (χ0) is 19.7. The number of hydrogen-bond acceptors (Lipinski definition) is 7. The van der Waals surface area contributed by atoms with Gasteiger partial charge < -0.3 is 18.3 Å². The summed E-state index contributed by atoms with van der Waals surface area (Å²) in [6.45, 7) is 3.38. The first-order chi connectivity index (χ1) is 13.5. The van der Waals surface area contributed by atoms with Gasteiger partial charge in [0.05, 0.1) is 25.5 Å². The van der Waals surface area contributed by atoms with Crippen LogP contribution in [-0.2, 0) is 29.0 Å². The first-order valence-electron chi connectivity index (χ1n) is 9.08. The van der Waals surface area contributed by atoms with E-state index in [1.165, 1.54) is 13.2 Å². The van der Waals surface area contributed by atoms with Crippen molar-refractivity contribution in [3.63, 3.8) is 0 Å². The third-order valence-electron chi connectivity index (χ3n) is 4.92. The van der Waals surface area contributed by atoms with Crippen LogP contribution < -0.4 is 10.4 Å². The second-order valence-corrected chi connectivity index (χ2v) is 6.88. The Labute approximate surface area is 161 Å². The molecule has 1 aliphatic rings. The van der Waals surface area contributed by atoms with Gasteiger partial charge in [-0.25, -0.2) is 4.79 Å². The molecule has 0 unspecified atom stereocenters. The van der Waals surface area contributed by atoms with Gasteiger partial charge in [0.1, 0.15) is 23.8 Å². The van der Waals surface area contributed by atoms with Gasteiger partial charge in [-0.15, -0.1) is 0 Å². The van der Waals surface area contributed by atoms with Gasteiger partial charge >= 0.3 is 11.6 Å². The minimum Gasteiger partial charge on any atom is -0.477 e. The Kier molecular flexibility index (Phi) is 4.92. The maximum atomic E-state index is 12.0. The van der Waals surface area contributed by atoms with E-state index in [4.69, 9.17) is 18.3 Å². The van der Waals surface area contributed by atoms with E-state index in [0.29, 0.717) is 37.6 Å². The van der Waals surface area contributed by atoms with Crippen LogP contribution in [0.4, 0.5) is 0 Å². The van der Waals surface area contributed by atoms with Gasteiger partial charge in [-0.2, -0.15) is 0 Å². The normalized spacial score (nSPS) is 13.9. The van der Waals surface area contributed by atoms with E-state index in [2.05, 4.69) is 4.90 Å². The molecule has 0 radical (unpaired) electrons. The number of hydrogen-bond donors (Lipinski definition) is 0. The summed E-state index contributed by atoms with van der Waals surface area (Å²) in [5.74, 6) is 1.23. The molecule has 0 spiro atoms. The zero-order valence-electron chi connectivity index (χ0n) is 15.8. The van der Waals surface area contributed by atoms with Crippen LogP contribution in [0.15, 0.2) is 44.2 Å². The van der Waals surface area contributed by atoms with E-state index in [0.717, 1.165) is 27.8 Å². The Morgan fingerprint density at radius 2 is 2.18 bits per heavy atom. The number of fused-ring (bicyclic) bond motifs is 3. The lowest BCUT2D eigenvalue weighted by Gasteiger charge is -2.30.